The number of benzene rings is 1. The molecule has 2 rings (SSSR count). The van der Waals surface area contributed by atoms with Crippen LogP contribution in [0.4, 0.5) is 5.82 Å². The van der Waals surface area contributed by atoms with Crippen molar-refractivity contribution in [2.45, 2.75) is 13.8 Å². The van der Waals surface area contributed by atoms with Crippen molar-refractivity contribution in [2.75, 3.05) is 5.73 Å². The van der Waals surface area contributed by atoms with Crippen molar-refractivity contribution in [2.24, 2.45) is 0 Å². The number of nitrogen functional groups attached to an aromatic ring is 1. The first-order valence-electron chi connectivity index (χ1n) is 4.61. The molecule has 0 radical (unpaired) electrons. The molecular formula is C10H12N4O. The van der Waals surface area contributed by atoms with Gasteiger partial charge in [-0.1, -0.05) is 22.4 Å². The molecule has 78 valence electrons. The summed E-state index contributed by atoms with van der Waals surface area (Å²) in [5.74, 6) is 0.369. The van der Waals surface area contributed by atoms with Crippen molar-refractivity contribution < 1.29 is 4.85 Å². The van der Waals surface area contributed by atoms with E-state index in [9.17, 15) is 5.21 Å². The lowest BCUT2D eigenvalue weighted by atomic mass is 10.2. The van der Waals surface area contributed by atoms with Crippen molar-refractivity contribution >= 4 is 5.82 Å². The van der Waals surface area contributed by atoms with Crippen molar-refractivity contribution in [1.82, 2.24) is 9.90 Å². The molecule has 0 unspecified atom stereocenters. The lowest BCUT2D eigenvalue weighted by Crippen LogP contribution is -2.31. The van der Waals surface area contributed by atoms with E-state index < -0.39 is 0 Å². The number of nitrogens with two attached hydrogens (primary N) is 1. The second-order valence-electron chi connectivity index (χ2n) is 3.48. The van der Waals surface area contributed by atoms with Crippen molar-refractivity contribution in [3.8, 4) is 5.69 Å². The van der Waals surface area contributed by atoms with Gasteiger partial charge in [0.25, 0.3) is 5.82 Å². The maximum Gasteiger partial charge on any atom is 0.264 e. The van der Waals surface area contributed by atoms with Gasteiger partial charge < -0.3 is 10.9 Å². The minimum atomic E-state index is 0.369. The summed E-state index contributed by atoms with van der Waals surface area (Å²) >= 11 is 0. The summed E-state index contributed by atoms with van der Waals surface area (Å²) in [6, 6.07) is 7.64. The highest BCUT2D eigenvalue weighted by atomic mass is 16.5. The van der Waals surface area contributed by atoms with Gasteiger partial charge in [-0.05, 0) is 19.1 Å². The van der Waals surface area contributed by atoms with Crippen molar-refractivity contribution in [1.29, 1.82) is 0 Å². The van der Waals surface area contributed by atoms with Crippen LogP contribution in [0.1, 0.15) is 11.3 Å². The molecule has 0 atom stereocenters. The zero-order valence-electron chi connectivity index (χ0n) is 8.64. The van der Waals surface area contributed by atoms with E-state index in [1.165, 1.54) is 4.68 Å². The first kappa shape index (κ1) is 9.51. The summed E-state index contributed by atoms with van der Waals surface area (Å²) in [5, 5.41) is 15.0. The maximum absolute atomic E-state index is 11.2. The fourth-order valence-corrected chi connectivity index (χ4v) is 1.32. The second-order valence-corrected chi connectivity index (χ2v) is 3.48. The second kappa shape index (κ2) is 3.27. The predicted molar refractivity (Wildman–Crippen MR) is 56.4 cm³/mol. The standard InChI is InChI=1S/C10H12N4O/c1-7-3-5-9(6-4-7)13-10(11)8(2)14(15)12-13/h3-6H,11H2,1-2H3. The van der Waals surface area contributed by atoms with Crippen LogP contribution in [0.5, 0.6) is 0 Å². The molecule has 0 amide bonds. The molecule has 1 heterocycles. The van der Waals surface area contributed by atoms with Crippen LogP contribution < -0.4 is 10.6 Å². The average molecular weight is 204 g/mol. The Morgan fingerprint density at radius 3 is 2.33 bits per heavy atom. The number of aromatic nitrogens is 3. The van der Waals surface area contributed by atoms with E-state index in [0.29, 0.717) is 16.4 Å². The molecule has 5 heteroatoms. The van der Waals surface area contributed by atoms with E-state index >= 15 is 0 Å². The van der Waals surface area contributed by atoms with Gasteiger partial charge in [0.1, 0.15) is 5.21 Å². The minimum absolute atomic E-state index is 0.369. The molecule has 0 aliphatic carbocycles. The van der Waals surface area contributed by atoms with Gasteiger partial charge >= 0.3 is 0 Å². The van der Waals surface area contributed by atoms with Crippen LogP contribution in [0.15, 0.2) is 24.3 Å². The molecule has 0 aliphatic rings. The summed E-state index contributed by atoms with van der Waals surface area (Å²) < 4.78 is 1.43. The summed E-state index contributed by atoms with van der Waals surface area (Å²) in [6.07, 6.45) is 0. The van der Waals surface area contributed by atoms with E-state index in [-0.39, 0.29) is 0 Å². The predicted octanol–water partition coefficient (Wildman–Crippen LogP) is 0.705. The Hall–Kier alpha value is -2.04. The highest BCUT2D eigenvalue weighted by Gasteiger charge is 2.17. The smallest absolute Gasteiger partial charge is 0.264 e. The monoisotopic (exact) mass is 204 g/mol. The van der Waals surface area contributed by atoms with Crippen LogP contribution in [0, 0.1) is 19.1 Å². The van der Waals surface area contributed by atoms with E-state index in [1.807, 2.05) is 31.2 Å². The van der Waals surface area contributed by atoms with Crippen LogP contribution in [-0.4, -0.2) is 9.90 Å². The summed E-state index contributed by atoms with van der Waals surface area (Å²) in [5.41, 5.74) is 8.10. The number of aryl methyl sites for hydroxylation is 1. The molecule has 1 aromatic heterocycles. The lowest BCUT2D eigenvalue weighted by molar-refractivity contribution is -0.675. The number of rotatable bonds is 1. The normalized spacial score (nSPS) is 10.5. The number of hydrogen-bond donors (Lipinski definition) is 1. The molecule has 0 spiro atoms. The average Bonchev–Trinajstić information content (AvgIpc) is 2.47. The lowest BCUT2D eigenvalue weighted by Gasteiger charge is -1.95. The molecule has 0 aliphatic heterocycles. The van der Waals surface area contributed by atoms with Gasteiger partial charge in [0.05, 0.1) is 0 Å². The molecular weight excluding hydrogens is 192 g/mol. The van der Waals surface area contributed by atoms with E-state index in [2.05, 4.69) is 5.21 Å². The molecule has 5 nitrogen and oxygen atoms in total. The third-order valence-electron chi connectivity index (χ3n) is 2.34. The fourth-order valence-electron chi connectivity index (χ4n) is 1.32. The quantitative estimate of drug-likeness (QED) is 0.549. The molecule has 1 aromatic carbocycles. The summed E-state index contributed by atoms with van der Waals surface area (Å²) in [7, 11) is 0. The number of anilines is 1. The molecule has 2 aromatic rings. The minimum Gasteiger partial charge on any atom is -0.691 e. The zero-order chi connectivity index (χ0) is 11.0. The SMILES string of the molecule is Cc1ccc(-n2n[n+]([O-])c(C)c2N)cc1. The third-order valence-corrected chi connectivity index (χ3v) is 2.34. The highest BCUT2D eigenvalue weighted by Crippen LogP contribution is 2.13. The zero-order valence-corrected chi connectivity index (χ0v) is 8.64. The van der Waals surface area contributed by atoms with Gasteiger partial charge in [0, 0.05) is 6.92 Å². The number of nitrogens with zero attached hydrogens (tertiary/aromatic N) is 3. The molecule has 15 heavy (non-hydrogen) atoms. The Kier molecular flexibility index (Phi) is 2.07. The Morgan fingerprint density at radius 1 is 1.27 bits per heavy atom. The van der Waals surface area contributed by atoms with Gasteiger partial charge in [-0.3, -0.25) is 0 Å². The van der Waals surface area contributed by atoms with Gasteiger partial charge in [0.15, 0.2) is 11.4 Å². The first-order chi connectivity index (χ1) is 7.09. The van der Waals surface area contributed by atoms with Crippen LogP contribution >= 0.6 is 0 Å². The maximum atomic E-state index is 11.2. The van der Waals surface area contributed by atoms with Gasteiger partial charge in [0.2, 0.25) is 0 Å². The summed E-state index contributed by atoms with van der Waals surface area (Å²) in [6.45, 7) is 3.63. The molecule has 0 bridgehead atoms. The fraction of sp³-hybridized carbons (Fsp3) is 0.200. The topological polar surface area (TPSA) is 70.8 Å². The molecule has 0 saturated heterocycles. The Morgan fingerprint density at radius 2 is 1.87 bits per heavy atom. The van der Waals surface area contributed by atoms with Crippen LogP contribution in [0.25, 0.3) is 5.69 Å². The van der Waals surface area contributed by atoms with Crippen molar-refractivity contribution in [3.63, 3.8) is 0 Å². The highest BCUT2D eigenvalue weighted by molar-refractivity contribution is 5.42. The molecule has 0 fully saturated rings. The molecule has 0 saturated carbocycles. The van der Waals surface area contributed by atoms with Gasteiger partial charge in [-0.25, -0.2) is 0 Å². The Labute approximate surface area is 87.3 Å². The number of hydrogen-bond acceptors (Lipinski definition) is 3. The Balaban J connectivity index is 2.54. The van der Waals surface area contributed by atoms with E-state index in [4.69, 9.17) is 5.73 Å². The third kappa shape index (κ3) is 1.52. The first-order valence-corrected chi connectivity index (χ1v) is 4.61. The van der Waals surface area contributed by atoms with Crippen LogP contribution in [-0.2, 0) is 0 Å². The van der Waals surface area contributed by atoms with Crippen molar-refractivity contribution in [3.05, 3.63) is 40.7 Å². The van der Waals surface area contributed by atoms with E-state index in [1.54, 1.807) is 6.92 Å². The van der Waals surface area contributed by atoms with Crippen LogP contribution in [0.3, 0.4) is 0 Å². The van der Waals surface area contributed by atoms with E-state index in [0.717, 1.165) is 11.3 Å². The Bertz CT molecular complexity index is 487. The largest absolute Gasteiger partial charge is 0.691 e. The van der Waals surface area contributed by atoms with Gasteiger partial charge in [-0.2, -0.15) is 0 Å². The van der Waals surface area contributed by atoms with Gasteiger partial charge in [-0.15, -0.1) is 4.85 Å². The summed E-state index contributed by atoms with van der Waals surface area (Å²) in [4.78, 5) is 0.523. The van der Waals surface area contributed by atoms with Crippen LogP contribution in [0.2, 0.25) is 0 Å². The molecule has 2 N–H and O–H groups in total.